The molecule has 28 heavy (non-hydrogen) atoms. The van der Waals surface area contributed by atoms with Gasteiger partial charge in [0, 0.05) is 12.5 Å². The second kappa shape index (κ2) is 7.31. The zero-order valence-electron chi connectivity index (χ0n) is 15.6. The van der Waals surface area contributed by atoms with E-state index in [0.29, 0.717) is 0 Å². The maximum absolute atomic E-state index is 13.1. The number of fused-ring (bicyclic) bond motifs is 1. The lowest BCUT2D eigenvalue weighted by Gasteiger charge is -2.18. The van der Waals surface area contributed by atoms with E-state index in [4.69, 9.17) is 0 Å². The second-order valence-corrected chi connectivity index (χ2v) is 6.96. The standard InChI is InChI=1S/C22H21N3O3/c1-16(26)20-13-8-14-24-21(27)23(22(28)25(20)24)15-19(17-9-4-2-5-10-17)18-11-6-3-7-12-18/h2-13,19-20H,14-15H2,1H3. The lowest BCUT2D eigenvalue weighted by molar-refractivity contribution is -0.119. The zero-order chi connectivity index (χ0) is 19.7. The predicted octanol–water partition coefficient (Wildman–Crippen LogP) is 2.34. The number of carbonyl (C=O) groups is 1. The molecule has 0 N–H and O–H groups in total. The van der Waals surface area contributed by atoms with Gasteiger partial charge in [-0.2, -0.15) is 0 Å². The summed E-state index contributed by atoms with van der Waals surface area (Å²) in [4.78, 5) is 38.0. The highest BCUT2D eigenvalue weighted by Gasteiger charge is 2.27. The van der Waals surface area contributed by atoms with Crippen molar-refractivity contribution in [1.82, 2.24) is 13.9 Å². The average molecular weight is 375 g/mol. The Balaban J connectivity index is 1.82. The smallest absolute Gasteiger partial charge is 0.297 e. The van der Waals surface area contributed by atoms with Crippen molar-refractivity contribution in [2.45, 2.75) is 32.0 Å². The Morgan fingerprint density at radius 3 is 2.07 bits per heavy atom. The lowest BCUT2D eigenvalue weighted by atomic mass is 9.91. The van der Waals surface area contributed by atoms with Crippen LogP contribution in [-0.2, 0) is 17.9 Å². The van der Waals surface area contributed by atoms with Gasteiger partial charge in [0.25, 0.3) is 0 Å². The van der Waals surface area contributed by atoms with E-state index < -0.39 is 17.4 Å². The van der Waals surface area contributed by atoms with Crippen molar-refractivity contribution in [2.75, 3.05) is 0 Å². The Bertz CT molecular complexity index is 1100. The molecule has 0 amide bonds. The summed E-state index contributed by atoms with van der Waals surface area (Å²) in [6.45, 7) is 1.92. The number of allylic oxidation sites excluding steroid dienone is 2. The van der Waals surface area contributed by atoms with Crippen LogP contribution in [-0.4, -0.2) is 19.7 Å². The fourth-order valence-corrected chi connectivity index (χ4v) is 3.77. The number of benzene rings is 2. The van der Waals surface area contributed by atoms with E-state index >= 15 is 0 Å². The molecule has 142 valence electrons. The van der Waals surface area contributed by atoms with Crippen LogP contribution in [0.5, 0.6) is 0 Å². The van der Waals surface area contributed by atoms with Crippen molar-refractivity contribution in [1.29, 1.82) is 0 Å². The molecule has 1 atom stereocenters. The minimum atomic E-state index is -0.734. The Kier molecular flexibility index (Phi) is 4.69. The first-order chi connectivity index (χ1) is 13.6. The molecule has 6 nitrogen and oxygen atoms in total. The van der Waals surface area contributed by atoms with Gasteiger partial charge in [-0.05, 0) is 18.1 Å². The summed E-state index contributed by atoms with van der Waals surface area (Å²) in [5.41, 5.74) is 1.20. The topological polar surface area (TPSA) is 66.0 Å². The molecule has 1 aliphatic rings. The van der Waals surface area contributed by atoms with Crippen LogP contribution in [0.25, 0.3) is 0 Å². The third-order valence-electron chi connectivity index (χ3n) is 5.18. The Morgan fingerprint density at radius 2 is 1.54 bits per heavy atom. The molecule has 0 spiro atoms. The quantitative estimate of drug-likeness (QED) is 0.643. The third kappa shape index (κ3) is 3.07. The predicted molar refractivity (Wildman–Crippen MR) is 107 cm³/mol. The molecule has 2 heterocycles. The lowest BCUT2D eigenvalue weighted by Crippen LogP contribution is -2.35. The van der Waals surface area contributed by atoms with E-state index in [-0.39, 0.29) is 24.8 Å². The average Bonchev–Trinajstić information content (AvgIpc) is 2.97. The fourth-order valence-electron chi connectivity index (χ4n) is 3.77. The normalized spacial score (nSPS) is 15.6. The van der Waals surface area contributed by atoms with Crippen molar-refractivity contribution >= 4 is 5.78 Å². The Morgan fingerprint density at radius 1 is 0.964 bits per heavy atom. The van der Waals surface area contributed by atoms with Gasteiger partial charge in [0.1, 0.15) is 6.04 Å². The molecular weight excluding hydrogens is 354 g/mol. The summed E-state index contributed by atoms with van der Waals surface area (Å²) in [7, 11) is 0. The molecular formula is C22H21N3O3. The molecule has 0 saturated heterocycles. The largest absolute Gasteiger partial charge is 0.348 e. The second-order valence-electron chi connectivity index (χ2n) is 6.96. The fraction of sp³-hybridized carbons (Fsp3) is 0.227. The minimum absolute atomic E-state index is 0.151. The van der Waals surface area contributed by atoms with Gasteiger partial charge in [0.05, 0.1) is 6.54 Å². The van der Waals surface area contributed by atoms with E-state index in [9.17, 15) is 14.4 Å². The molecule has 6 heteroatoms. The number of hydrogen-bond acceptors (Lipinski definition) is 3. The summed E-state index contributed by atoms with van der Waals surface area (Å²) < 4.78 is 3.87. The summed E-state index contributed by atoms with van der Waals surface area (Å²) in [6, 6.07) is 18.9. The van der Waals surface area contributed by atoms with Crippen LogP contribution in [0, 0.1) is 0 Å². The van der Waals surface area contributed by atoms with Crippen LogP contribution < -0.4 is 11.4 Å². The van der Waals surface area contributed by atoms with E-state index in [0.717, 1.165) is 11.1 Å². The number of rotatable bonds is 5. The van der Waals surface area contributed by atoms with Crippen LogP contribution in [0.2, 0.25) is 0 Å². The Hall–Kier alpha value is -3.41. The van der Waals surface area contributed by atoms with Crippen molar-refractivity contribution in [3.05, 3.63) is 105 Å². The molecule has 0 aliphatic carbocycles. The number of hydrogen-bond donors (Lipinski definition) is 0. The van der Waals surface area contributed by atoms with E-state index in [2.05, 4.69) is 0 Å². The molecule has 1 aliphatic heterocycles. The molecule has 0 bridgehead atoms. The molecule has 4 rings (SSSR count). The van der Waals surface area contributed by atoms with Gasteiger partial charge >= 0.3 is 11.4 Å². The maximum atomic E-state index is 13.1. The van der Waals surface area contributed by atoms with Crippen molar-refractivity contribution in [2.24, 2.45) is 0 Å². The SMILES string of the molecule is CC(=O)C1C=CCn2c(=O)n(CC(c3ccccc3)c3ccccc3)c(=O)n21. The number of carbonyl (C=O) groups excluding carboxylic acids is 1. The first-order valence-electron chi connectivity index (χ1n) is 9.27. The minimum Gasteiger partial charge on any atom is -0.297 e. The summed E-state index contributed by atoms with van der Waals surface area (Å²) in [5.74, 6) is -0.326. The molecule has 0 fully saturated rings. The molecule has 1 aromatic heterocycles. The van der Waals surface area contributed by atoms with Crippen LogP contribution in [0.4, 0.5) is 0 Å². The molecule has 0 saturated carbocycles. The number of Topliss-reactive ketones (excluding diaryl/α,β-unsaturated/α-hetero) is 1. The molecule has 3 aromatic rings. The van der Waals surface area contributed by atoms with Crippen molar-refractivity contribution in [3.63, 3.8) is 0 Å². The summed E-state index contributed by atoms with van der Waals surface area (Å²) >= 11 is 0. The highest BCUT2D eigenvalue weighted by Crippen LogP contribution is 2.25. The zero-order valence-corrected chi connectivity index (χ0v) is 15.6. The highest BCUT2D eigenvalue weighted by atomic mass is 16.2. The molecule has 2 aromatic carbocycles. The monoisotopic (exact) mass is 375 g/mol. The van der Waals surface area contributed by atoms with Crippen molar-refractivity contribution < 1.29 is 4.79 Å². The highest BCUT2D eigenvalue weighted by molar-refractivity contribution is 5.81. The van der Waals surface area contributed by atoms with Crippen LogP contribution in [0.1, 0.15) is 30.0 Å². The van der Waals surface area contributed by atoms with Crippen LogP contribution in [0.15, 0.2) is 82.4 Å². The Labute approximate surface area is 162 Å². The number of nitrogens with zero attached hydrogens (tertiary/aromatic N) is 3. The van der Waals surface area contributed by atoms with E-state index in [1.807, 2.05) is 60.7 Å². The first kappa shape index (κ1) is 18.0. The van der Waals surface area contributed by atoms with Gasteiger partial charge in [-0.3, -0.25) is 4.79 Å². The van der Waals surface area contributed by atoms with E-state index in [1.54, 1.807) is 12.2 Å². The van der Waals surface area contributed by atoms with Crippen molar-refractivity contribution in [3.8, 4) is 0 Å². The van der Waals surface area contributed by atoms with Gasteiger partial charge in [0.15, 0.2) is 5.78 Å². The summed E-state index contributed by atoms with van der Waals surface area (Å²) in [6.07, 6.45) is 3.43. The first-order valence-corrected chi connectivity index (χ1v) is 9.27. The molecule has 1 unspecified atom stereocenters. The van der Waals surface area contributed by atoms with Crippen LogP contribution >= 0.6 is 0 Å². The van der Waals surface area contributed by atoms with Gasteiger partial charge in [-0.15, -0.1) is 0 Å². The molecule has 0 radical (unpaired) electrons. The van der Waals surface area contributed by atoms with Gasteiger partial charge < -0.3 is 0 Å². The number of ketones is 1. The van der Waals surface area contributed by atoms with Gasteiger partial charge in [-0.25, -0.2) is 23.5 Å². The summed E-state index contributed by atoms with van der Waals surface area (Å²) in [5, 5.41) is 0. The van der Waals surface area contributed by atoms with Crippen LogP contribution in [0.3, 0.4) is 0 Å². The van der Waals surface area contributed by atoms with Gasteiger partial charge in [0.2, 0.25) is 0 Å². The van der Waals surface area contributed by atoms with E-state index in [1.165, 1.54) is 20.9 Å². The number of aromatic nitrogens is 3. The van der Waals surface area contributed by atoms with Gasteiger partial charge in [-0.1, -0.05) is 72.8 Å². The maximum Gasteiger partial charge on any atom is 0.348 e. The third-order valence-corrected chi connectivity index (χ3v) is 5.18.